The van der Waals surface area contributed by atoms with Crippen molar-refractivity contribution in [3.63, 3.8) is 0 Å². The smallest absolute Gasteiger partial charge is 0.134 e. The first kappa shape index (κ1) is 12.4. The van der Waals surface area contributed by atoms with Crippen molar-refractivity contribution in [2.45, 2.75) is 27.2 Å². The number of carbonyl (C=O) groups excluding carboxylic acids is 1. The molecular weight excluding hydrogens is 196 g/mol. The van der Waals surface area contributed by atoms with E-state index in [2.05, 4.69) is 6.58 Å². The second kappa shape index (κ2) is 5.45. The monoisotopic (exact) mass is 214 g/mol. The highest BCUT2D eigenvalue weighted by Crippen LogP contribution is 2.24. The minimum absolute atomic E-state index is 0.181. The standard InChI is InChI=1S/C15H18O/c1-5-7-13-8-6-9-14(10-12(4)16)15(13)11(2)3/h5-9H,2,10H2,1,3-4H3/b7-5-. The van der Waals surface area contributed by atoms with E-state index in [4.69, 9.17) is 0 Å². The van der Waals surface area contributed by atoms with Gasteiger partial charge in [-0.25, -0.2) is 0 Å². The molecule has 16 heavy (non-hydrogen) atoms. The van der Waals surface area contributed by atoms with Crippen molar-refractivity contribution in [3.05, 3.63) is 47.5 Å². The largest absolute Gasteiger partial charge is 0.300 e. The molecule has 0 N–H and O–H groups in total. The molecule has 0 radical (unpaired) electrons. The quantitative estimate of drug-likeness (QED) is 0.743. The fourth-order valence-corrected chi connectivity index (χ4v) is 1.87. The number of Topliss-reactive ketones (excluding diaryl/α,β-unsaturated/α-hetero) is 1. The number of rotatable bonds is 4. The summed E-state index contributed by atoms with van der Waals surface area (Å²) >= 11 is 0. The molecule has 0 aliphatic heterocycles. The van der Waals surface area contributed by atoms with Gasteiger partial charge in [0.1, 0.15) is 5.78 Å². The summed E-state index contributed by atoms with van der Waals surface area (Å²) in [7, 11) is 0. The van der Waals surface area contributed by atoms with E-state index in [1.165, 1.54) is 0 Å². The zero-order valence-corrected chi connectivity index (χ0v) is 10.2. The number of benzene rings is 1. The van der Waals surface area contributed by atoms with Gasteiger partial charge in [-0.1, -0.05) is 42.5 Å². The summed E-state index contributed by atoms with van der Waals surface area (Å²) in [4.78, 5) is 11.2. The van der Waals surface area contributed by atoms with Crippen LogP contribution in [-0.2, 0) is 11.2 Å². The van der Waals surface area contributed by atoms with E-state index in [0.29, 0.717) is 6.42 Å². The maximum absolute atomic E-state index is 11.2. The van der Waals surface area contributed by atoms with E-state index in [1.807, 2.05) is 44.2 Å². The van der Waals surface area contributed by atoms with Gasteiger partial charge in [-0.2, -0.15) is 0 Å². The molecule has 0 fully saturated rings. The van der Waals surface area contributed by atoms with Gasteiger partial charge in [0, 0.05) is 6.42 Å². The predicted octanol–water partition coefficient (Wildman–Crippen LogP) is 3.88. The highest BCUT2D eigenvalue weighted by Gasteiger charge is 2.08. The molecule has 1 aromatic rings. The Hall–Kier alpha value is -1.63. The number of ketones is 1. The Labute approximate surface area is 97.5 Å². The molecule has 0 atom stereocenters. The summed E-state index contributed by atoms with van der Waals surface area (Å²) in [6.45, 7) is 9.57. The van der Waals surface area contributed by atoms with Crippen LogP contribution in [0, 0.1) is 0 Å². The maximum Gasteiger partial charge on any atom is 0.134 e. The van der Waals surface area contributed by atoms with Crippen LogP contribution in [0.25, 0.3) is 11.6 Å². The molecule has 0 bridgehead atoms. The lowest BCUT2D eigenvalue weighted by molar-refractivity contribution is -0.116. The minimum atomic E-state index is 0.181. The van der Waals surface area contributed by atoms with Gasteiger partial charge in [0.15, 0.2) is 0 Å². The highest BCUT2D eigenvalue weighted by molar-refractivity contribution is 5.82. The molecule has 0 aromatic heterocycles. The Morgan fingerprint density at radius 2 is 2.06 bits per heavy atom. The van der Waals surface area contributed by atoms with Crippen molar-refractivity contribution in [1.82, 2.24) is 0 Å². The van der Waals surface area contributed by atoms with Crippen LogP contribution in [0.2, 0.25) is 0 Å². The molecule has 1 heteroatoms. The third-order valence-electron chi connectivity index (χ3n) is 2.40. The van der Waals surface area contributed by atoms with E-state index >= 15 is 0 Å². The molecule has 0 spiro atoms. The van der Waals surface area contributed by atoms with Gasteiger partial charge in [-0.3, -0.25) is 4.79 Å². The van der Waals surface area contributed by atoms with Crippen LogP contribution >= 0.6 is 0 Å². The average molecular weight is 214 g/mol. The molecule has 0 unspecified atom stereocenters. The van der Waals surface area contributed by atoms with Crippen LogP contribution in [0.5, 0.6) is 0 Å². The van der Waals surface area contributed by atoms with E-state index < -0.39 is 0 Å². The SMILES string of the molecule is C=C(C)c1c(/C=C\C)cccc1CC(C)=O. The second-order valence-electron chi connectivity index (χ2n) is 4.04. The zero-order valence-electron chi connectivity index (χ0n) is 10.2. The third-order valence-corrected chi connectivity index (χ3v) is 2.40. The molecule has 0 aliphatic carbocycles. The van der Waals surface area contributed by atoms with E-state index in [0.717, 1.165) is 22.3 Å². The Morgan fingerprint density at radius 1 is 1.38 bits per heavy atom. The van der Waals surface area contributed by atoms with Gasteiger partial charge < -0.3 is 0 Å². The molecule has 1 aromatic carbocycles. The molecule has 0 saturated heterocycles. The van der Waals surface area contributed by atoms with Crippen LogP contribution in [0.3, 0.4) is 0 Å². The van der Waals surface area contributed by atoms with E-state index in [1.54, 1.807) is 6.92 Å². The van der Waals surface area contributed by atoms with Crippen molar-refractivity contribution in [2.75, 3.05) is 0 Å². The Balaban J connectivity index is 3.32. The van der Waals surface area contributed by atoms with Crippen LogP contribution < -0.4 is 0 Å². The van der Waals surface area contributed by atoms with Crippen molar-refractivity contribution in [2.24, 2.45) is 0 Å². The number of allylic oxidation sites excluding steroid dienone is 2. The summed E-state index contributed by atoms with van der Waals surface area (Å²) in [6, 6.07) is 6.03. The van der Waals surface area contributed by atoms with Crippen molar-refractivity contribution >= 4 is 17.4 Å². The normalized spacial score (nSPS) is 10.7. The van der Waals surface area contributed by atoms with Crippen LogP contribution in [0.15, 0.2) is 30.9 Å². The molecule has 1 nitrogen and oxygen atoms in total. The summed E-state index contributed by atoms with van der Waals surface area (Å²) in [5.41, 5.74) is 4.31. The van der Waals surface area contributed by atoms with Gasteiger partial charge in [-0.05, 0) is 37.5 Å². The van der Waals surface area contributed by atoms with Gasteiger partial charge in [0.2, 0.25) is 0 Å². The van der Waals surface area contributed by atoms with Crippen LogP contribution in [0.4, 0.5) is 0 Å². The lowest BCUT2D eigenvalue weighted by Gasteiger charge is -2.11. The van der Waals surface area contributed by atoms with Gasteiger partial charge in [0.25, 0.3) is 0 Å². The van der Waals surface area contributed by atoms with Gasteiger partial charge in [0.05, 0.1) is 0 Å². The fraction of sp³-hybridized carbons (Fsp3) is 0.267. The van der Waals surface area contributed by atoms with Crippen molar-refractivity contribution < 1.29 is 4.79 Å². The number of carbonyl (C=O) groups is 1. The molecule has 1 rings (SSSR count). The first-order valence-corrected chi connectivity index (χ1v) is 5.46. The van der Waals surface area contributed by atoms with Gasteiger partial charge >= 0.3 is 0 Å². The minimum Gasteiger partial charge on any atom is -0.300 e. The first-order chi connectivity index (χ1) is 7.56. The molecule has 0 heterocycles. The summed E-state index contributed by atoms with van der Waals surface area (Å²) in [5, 5.41) is 0. The van der Waals surface area contributed by atoms with E-state index in [-0.39, 0.29) is 5.78 Å². The zero-order chi connectivity index (χ0) is 12.1. The van der Waals surface area contributed by atoms with Crippen molar-refractivity contribution in [3.8, 4) is 0 Å². The Bertz CT molecular complexity index is 439. The fourth-order valence-electron chi connectivity index (χ4n) is 1.87. The van der Waals surface area contributed by atoms with Crippen LogP contribution in [-0.4, -0.2) is 5.78 Å². The first-order valence-electron chi connectivity index (χ1n) is 5.46. The lowest BCUT2D eigenvalue weighted by Crippen LogP contribution is -2.01. The third kappa shape index (κ3) is 2.93. The Morgan fingerprint density at radius 3 is 2.56 bits per heavy atom. The highest BCUT2D eigenvalue weighted by atomic mass is 16.1. The van der Waals surface area contributed by atoms with Gasteiger partial charge in [-0.15, -0.1) is 0 Å². The molecule has 84 valence electrons. The number of hydrogen-bond acceptors (Lipinski definition) is 1. The second-order valence-corrected chi connectivity index (χ2v) is 4.04. The molecule has 0 saturated carbocycles. The topological polar surface area (TPSA) is 17.1 Å². The average Bonchev–Trinajstić information content (AvgIpc) is 2.16. The maximum atomic E-state index is 11.2. The van der Waals surface area contributed by atoms with Crippen molar-refractivity contribution in [1.29, 1.82) is 0 Å². The molecular formula is C15H18O. The number of hydrogen-bond donors (Lipinski definition) is 0. The summed E-state index contributed by atoms with van der Waals surface area (Å²) in [6.07, 6.45) is 4.53. The summed E-state index contributed by atoms with van der Waals surface area (Å²) < 4.78 is 0. The van der Waals surface area contributed by atoms with Crippen LogP contribution in [0.1, 0.15) is 37.5 Å². The molecule has 0 amide bonds. The molecule has 0 aliphatic rings. The Kier molecular flexibility index (Phi) is 4.24. The summed E-state index contributed by atoms with van der Waals surface area (Å²) in [5.74, 6) is 0.181. The lowest BCUT2D eigenvalue weighted by atomic mass is 9.93. The van der Waals surface area contributed by atoms with E-state index in [9.17, 15) is 4.79 Å². The predicted molar refractivity (Wildman–Crippen MR) is 70.2 cm³/mol.